The second kappa shape index (κ2) is 6.03. The van der Waals surface area contributed by atoms with Gasteiger partial charge in [-0.3, -0.25) is 0 Å². The summed E-state index contributed by atoms with van der Waals surface area (Å²) in [4.78, 5) is 0. The summed E-state index contributed by atoms with van der Waals surface area (Å²) in [5.41, 5.74) is 2.17. The molecule has 0 saturated heterocycles. The molecule has 1 heterocycles. The molecule has 3 nitrogen and oxygen atoms in total. The topological polar surface area (TPSA) is 45.4 Å². The maximum Gasteiger partial charge on any atom is 0.134 e. The summed E-state index contributed by atoms with van der Waals surface area (Å²) in [6.07, 6.45) is 1.82. The van der Waals surface area contributed by atoms with Crippen LogP contribution in [0.15, 0.2) is 28.7 Å². The van der Waals surface area contributed by atoms with Crippen molar-refractivity contribution in [2.75, 3.05) is 6.61 Å². The van der Waals surface area contributed by atoms with Crippen molar-refractivity contribution in [3.63, 3.8) is 0 Å². The van der Waals surface area contributed by atoms with Crippen molar-refractivity contribution in [2.45, 2.75) is 39.3 Å². The first-order valence-electron chi connectivity index (χ1n) is 6.57. The minimum atomic E-state index is 0.233. The summed E-state index contributed by atoms with van der Waals surface area (Å²) in [5, 5.41) is 13.7. The van der Waals surface area contributed by atoms with Gasteiger partial charge in [-0.2, -0.15) is 0 Å². The van der Waals surface area contributed by atoms with Crippen LogP contribution in [-0.4, -0.2) is 17.8 Å². The molecule has 1 aromatic carbocycles. The highest BCUT2D eigenvalue weighted by molar-refractivity contribution is 5.82. The molecule has 0 aliphatic rings. The lowest BCUT2D eigenvalue weighted by molar-refractivity contribution is 0.262. The quantitative estimate of drug-likeness (QED) is 0.825. The summed E-state index contributed by atoms with van der Waals surface area (Å²) in [6, 6.07) is 8.48. The van der Waals surface area contributed by atoms with E-state index in [9.17, 15) is 0 Å². The minimum Gasteiger partial charge on any atom is -0.461 e. The Balaban J connectivity index is 2.13. The van der Waals surface area contributed by atoms with Crippen LogP contribution >= 0.6 is 0 Å². The second-order valence-electron chi connectivity index (χ2n) is 4.63. The third kappa shape index (κ3) is 2.74. The van der Waals surface area contributed by atoms with E-state index in [1.165, 1.54) is 10.9 Å². The van der Waals surface area contributed by atoms with Crippen LogP contribution in [0.4, 0.5) is 0 Å². The zero-order valence-corrected chi connectivity index (χ0v) is 11.1. The fourth-order valence-electron chi connectivity index (χ4n) is 2.29. The van der Waals surface area contributed by atoms with E-state index >= 15 is 0 Å². The van der Waals surface area contributed by atoms with E-state index in [1.807, 2.05) is 25.1 Å². The summed E-state index contributed by atoms with van der Waals surface area (Å²) >= 11 is 0. The molecule has 18 heavy (non-hydrogen) atoms. The molecule has 2 aromatic rings. The Bertz CT molecular complexity index is 504. The lowest BCUT2D eigenvalue weighted by Crippen LogP contribution is -2.28. The van der Waals surface area contributed by atoms with Crippen LogP contribution in [0.3, 0.4) is 0 Å². The number of nitrogens with one attached hydrogen (secondary N) is 1. The minimum absolute atomic E-state index is 0.233. The molecule has 0 aliphatic heterocycles. The first kappa shape index (κ1) is 13.1. The molecule has 0 radical (unpaired) electrons. The third-order valence-electron chi connectivity index (χ3n) is 3.44. The Labute approximate surface area is 108 Å². The number of aliphatic hydroxyl groups is 1. The average Bonchev–Trinajstić information content (AvgIpc) is 2.70. The van der Waals surface area contributed by atoms with Crippen LogP contribution in [0.25, 0.3) is 11.0 Å². The fourth-order valence-corrected chi connectivity index (χ4v) is 2.29. The van der Waals surface area contributed by atoms with Gasteiger partial charge in [0.2, 0.25) is 0 Å². The number of fused-ring (bicyclic) bond motifs is 1. The standard InChI is InChI=1S/C15H21NO2/c1-3-12(8-9-17)16-10-14-11(2)18-15-7-5-4-6-13(14)15/h4-7,12,16-17H,3,8-10H2,1-2H3. The first-order chi connectivity index (χ1) is 8.76. The van der Waals surface area contributed by atoms with Gasteiger partial charge >= 0.3 is 0 Å². The van der Waals surface area contributed by atoms with E-state index in [1.54, 1.807) is 0 Å². The number of hydrogen-bond donors (Lipinski definition) is 2. The summed E-state index contributed by atoms with van der Waals surface area (Å²) in [7, 11) is 0. The molecule has 3 heteroatoms. The zero-order valence-electron chi connectivity index (χ0n) is 11.1. The Morgan fingerprint density at radius 3 is 2.83 bits per heavy atom. The number of para-hydroxylation sites is 1. The lowest BCUT2D eigenvalue weighted by Gasteiger charge is -2.15. The first-order valence-corrected chi connectivity index (χ1v) is 6.57. The molecule has 2 N–H and O–H groups in total. The largest absolute Gasteiger partial charge is 0.461 e. The number of hydrogen-bond acceptors (Lipinski definition) is 3. The molecule has 2 rings (SSSR count). The van der Waals surface area contributed by atoms with Gasteiger partial charge in [0.15, 0.2) is 0 Å². The Hall–Kier alpha value is -1.32. The second-order valence-corrected chi connectivity index (χ2v) is 4.63. The van der Waals surface area contributed by atoms with E-state index in [0.717, 1.165) is 30.7 Å². The average molecular weight is 247 g/mol. The van der Waals surface area contributed by atoms with Crippen molar-refractivity contribution in [2.24, 2.45) is 0 Å². The monoisotopic (exact) mass is 247 g/mol. The van der Waals surface area contributed by atoms with Crippen molar-refractivity contribution in [1.29, 1.82) is 0 Å². The maximum absolute atomic E-state index is 8.99. The van der Waals surface area contributed by atoms with Gasteiger partial charge in [0.1, 0.15) is 11.3 Å². The molecular weight excluding hydrogens is 226 g/mol. The molecule has 0 saturated carbocycles. The Kier molecular flexibility index (Phi) is 4.39. The Morgan fingerprint density at radius 1 is 1.33 bits per heavy atom. The molecule has 0 aliphatic carbocycles. The SMILES string of the molecule is CCC(CCO)NCc1c(C)oc2ccccc12. The highest BCUT2D eigenvalue weighted by atomic mass is 16.3. The van der Waals surface area contributed by atoms with Crippen molar-refractivity contribution in [3.05, 3.63) is 35.6 Å². The van der Waals surface area contributed by atoms with Gasteiger partial charge in [-0.1, -0.05) is 25.1 Å². The van der Waals surface area contributed by atoms with Crippen molar-refractivity contribution >= 4 is 11.0 Å². The van der Waals surface area contributed by atoms with Crippen LogP contribution in [0, 0.1) is 6.92 Å². The van der Waals surface area contributed by atoms with Crippen molar-refractivity contribution < 1.29 is 9.52 Å². The lowest BCUT2D eigenvalue weighted by atomic mass is 10.1. The van der Waals surface area contributed by atoms with Gasteiger partial charge < -0.3 is 14.8 Å². The molecule has 1 atom stereocenters. The molecule has 98 valence electrons. The molecule has 0 fully saturated rings. The van der Waals surface area contributed by atoms with Gasteiger partial charge in [0, 0.05) is 30.1 Å². The van der Waals surface area contributed by atoms with E-state index in [0.29, 0.717) is 6.04 Å². The molecule has 0 spiro atoms. The van der Waals surface area contributed by atoms with Crippen LogP contribution < -0.4 is 5.32 Å². The fraction of sp³-hybridized carbons (Fsp3) is 0.467. The molecule has 1 unspecified atom stereocenters. The summed E-state index contributed by atoms with van der Waals surface area (Å²) < 4.78 is 5.74. The number of aliphatic hydroxyl groups excluding tert-OH is 1. The number of benzene rings is 1. The van der Waals surface area contributed by atoms with E-state index < -0.39 is 0 Å². The summed E-state index contributed by atoms with van der Waals surface area (Å²) in [5.74, 6) is 0.975. The van der Waals surface area contributed by atoms with E-state index in [-0.39, 0.29) is 6.61 Å². The summed E-state index contributed by atoms with van der Waals surface area (Å²) in [6.45, 7) is 5.16. The molecular formula is C15H21NO2. The van der Waals surface area contributed by atoms with Crippen LogP contribution in [-0.2, 0) is 6.54 Å². The van der Waals surface area contributed by atoms with Crippen LogP contribution in [0.2, 0.25) is 0 Å². The molecule has 1 aromatic heterocycles. The van der Waals surface area contributed by atoms with Gasteiger partial charge in [0.25, 0.3) is 0 Å². The van der Waals surface area contributed by atoms with Gasteiger partial charge in [0.05, 0.1) is 0 Å². The number of aryl methyl sites for hydroxylation is 1. The maximum atomic E-state index is 8.99. The smallest absolute Gasteiger partial charge is 0.134 e. The zero-order chi connectivity index (χ0) is 13.0. The number of rotatable bonds is 6. The molecule has 0 amide bonds. The van der Waals surface area contributed by atoms with Gasteiger partial charge in [-0.15, -0.1) is 0 Å². The third-order valence-corrected chi connectivity index (χ3v) is 3.44. The predicted octanol–water partition coefficient (Wildman–Crippen LogP) is 2.99. The normalized spacial score (nSPS) is 13.1. The van der Waals surface area contributed by atoms with E-state index in [2.05, 4.69) is 18.3 Å². The predicted molar refractivity (Wildman–Crippen MR) is 73.6 cm³/mol. The van der Waals surface area contributed by atoms with E-state index in [4.69, 9.17) is 9.52 Å². The van der Waals surface area contributed by atoms with Crippen LogP contribution in [0.5, 0.6) is 0 Å². The Morgan fingerprint density at radius 2 is 2.11 bits per heavy atom. The van der Waals surface area contributed by atoms with Crippen LogP contribution in [0.1, 0.15) is 31.1 Å². The molecule has 0 bridgehead atoms. The highest BCUT2D eigenvalue weighted by Crippen LogP contribution is 2.25. The van der Waals surface area contributed by atoms with Gasteiger partial charge in [-0.05, 0) is 25.8 Å². The highest BCUT2D eigenvalue weighted by Gasteiger charge is 2.12. The van der Waals surface area contributed by atoms with Gasteiger partial charge in [-0.25, -0.2) is 0 Å². The van der Waals surface area contributed by atoms with Crippen molar-refractivity contribution in [1.82, 2.24) is 5.32 Å². The number of furan rings is 1. The van der Waals surface area contributed by atoms with Crippen molar-refractivity contribution in [3.8, 4) is 0 Å².